The average Bonchev–Trinajstić information content (AvgIpc) is 2.40. The number of amides is 1. The molecule has 0 radical (unpaired) electrons. The maximum absolute atomic E-state index is 11.2. The molecule has 1 aromatic carbocycles. The fourth-order valence-corrected chi connectivity index (χ4v) is 1.40. The van der Waals surface area contributed by atoms with Crippen molar-refractivity contribution in [3.05, 3.63) is 35.9 Å². The van der Waals surface area contributed by atoms with E-state index in [1.54, 1.807) is 24.3 Å². The number of aliphatic hydroxyl groups is 1. The minimum Gasteiger partial charge on any atom is -0.396 e. The lowest BCUT2D eigenvalue weighted by molar-refractivity contribution is 0.0977. The molecular weight excluding hydrogens is 260 g/mol. The van der Waals surface area contributed by atoms with Gasteiger partial charge in [-0.05, 0) is 30.8 Å². The van der Waals surface area contributed by atoms with Crippen molar-refractivity contribution >= 4 is 23.2 Å². The molecule has 4 N–H and O–H groups in total. The minimum atomic E-state index is -0.275. The second-order valence-corrected chi connectivity index (χ2v) is 4.41. The fourth-order valence-electron chi connectivity index (χ4n) is 1.31. The fraction of sp³-hybridized carbons (Fsp3) is 0.429. The van der Waals surface area contributed by atoms with Crippen LogP contribution >= 0.6 is 12.2 Å². The van der Waals surface area contributed by atoms with Gasteiger partial charge in [-0.2, -0.15) is 0 Å². The summed E-state index contributed by atoms with van der Waals surface area (Å²) in [5, 5.41) is 10.6. The Bertz CT molecular complexity index is 365. The largest absolute Gasteiger partial charge is 0.396 e. The van der Waals surface area contributed by atoms with E-state index in [0.29, 0.717) is 12.2 Å². The third kappa shape index (κ3) is 10.2. The molecule has 4 nitrogen and oxygen atoms in total. The standard InChI is InChI=1S/C8H8N2OS.C6H14O/c9-8(12)10-7(11)6-4-2-1-3-5-6;1-2-3-4-5-6-7/h1-5H,(H3,9,10,11,12);7H,2-6H2,1H3. The van der Waals surface area contributed by atoms with Crippen molar-refractivity contribution < 1.29 is 9.90 Å². The van der Waals surface area contributed by atoms with E-state index in [0.717, 1.165) is 6.42 Å². The lowest BCUT2D eigenvalue weighted by atomic mass is 10.2. The van der Waals surface area contributed by atoms with Gasteiger partial charge in [0.1, 0.15) is 0 Å². The van der Waals surface area contributed by atoms with Crippen molar-refractivity contribution in [1.82, 2.24) is 5.32 Å². The van der Waals surface area contributed by atoms with Crippen LogP contribution in [0.25, 0.3) is 0 Å². The maximum atomic E-state index is 11.2. The average molecular weight is 282 g/mol. The van der Waals surface area contributed by atoms with Crippen LogP contribution in [-0.4, -0.2) is 22.7 Å². The summed E-state index contributed by atoms with van der Waals surface area (Å²) >= 11 is 4.52. The number of thiocarbonyl (C=S) groups is 1. The molecule has 1 rings (SSSR count). The summed E-state index contributed by atoms with van der Waals surface area (Å²) in [4.78, 5) is 11.2. The predicted octanol–water partition coefficient (Wildman–Crippen LogP) is 2.22. The van der Waals surface area contributed by atoms with Gasteiger partial charge in [0.25, 0.3) is 5.91 Å². The Kier molecular flexibility index (Phi) is 10.7. The molecule has 0 aliphatic rings. The maximum Gasteiger partial charge on any atom is 0.257 e. The van der Waals surface area contributed by atoms with Crippen molar-refractivity contribution in [2.45, 2.75) is 32.6 Å². The number of nitrogens with one attached hydrogen (secondary N) is 1. The summed E-state index contributed by atoms with van der Waals surface area (Å²) in [5.74, 6) is -0.275. The van der Waals surface area contributed by atoms with Crippen LogP contribution in [-0.2, 0) is 0 Å². The first-order chi connectivity index (χ1) is 9.11. The lowest BCUT2D eigenvalue weighted by Gasteiger charge is -2.00. The summed E-state index contributed by atoms with van der Waals surface area (Å²) in [6.07, 6.45) is 4.68. The minimum absolute atomic E-state index is 0.0103. The van der Waals surface area contributed by atoms with Crippen LogP contribution in [0, 0.1) is 0 Å². The van der Waals surface area contributed by atoms with Gasteiger partial charge in [0, 0.05) is 12.2 Å². The molecule has 1 amide bonds. The number of benzene rings is 1. The highest BCUT2D eigenvalue weighted by atomic mass is 32.1. The summed E-state index contributed by atoms with van der Waals surface area (Å²) in [6, 6.07) is 8.75. The molecule has 5 heteroatoms. The first-order valence-electron chi connectivity index (χ1n) is 6.38. The Morgan fingerprint density at radius 1 is 1.26 bits per heavy atom. The number of unbranched alkanes of at least 4 members (excludes halogenated alkanes) is 3. The quantitative estimate of drug-likeness (QED) is 0.572. The van der Waals surface area contributed by atoms with Crippen molar-refractivity contribution in [3.8, 4) is 0 Å². The van der Waals surface area contributed by atoms with Gasteiger partial charge in [0.15, 0.2) is 5.11 Å². The highest BCUT2D eigenvalue weighted by Crippen LogP contribution is 1.97. The molecule has 0 aromatic heterocycles. The normalized spacial score (nSPS) is 9.16. The molecule has 0 spiro atoms. The molecule has 19 heavy (non-hydrogen) atoms. The highest BCUT2D eigenvalue weighted by Gasteiger charge is 2.03. The number of aliphatic hydroxyl groups excluding tert-OH is 1. The van der Waals surface area contributed by atoms with Crippen LogP contribution in [0.3, 0.4) is 0 Å². The molecule has 0 heterocycles. The van der Waals surface area contributed by atoms with E-state index in [4.69, 9.17) is 10.8 Å². The smallest absolute Gasteiger partial charge is 0.257 e. The lowest BCUT2D eigenvalue weighted by Crippen LogP contribution is -2.34. The number of rotatable bonds is 5. The van der Waals surface area contributed by atoms with Gasteiger partial charge in [-0.15, -0.1) is 0 Å². The summed E-state index contributed by atoms with van der Waals surface area (Å²) in [6.45, 7) is 2.53. The van der Waals surface area contributed by atoms with Crippen LogP contribution < -0.4 is 11.1 Å². The molecule has 0 saturated heterocycles. The van der Waals surface area contributed by atoms with Gasteiger partial charge < -0.3 is 10.8 Å². The van der Waals surface area contributed by atoms with Gasteiger partial charge in [-0.25, -0.2) is 0 Å². The van der Waals surface area contributed by atoms with Crippen LogP contribution in [0.4, 0.5) is 0 Å². The third-order valence-corrected chi connectivity index (χ3v) is 2.39. The molecule has 0 fully saturated rings. The molecule has 0 aliphatic heterocycles. The summed E-state index contributed by atoms with van der Waals surface area (Å²) in [7, 11) is 0. The van der Waals surface area contributed by atoms with E-state index >= 15 is 0 Å². The molecule has 0 saturated carbocycles. The van der Waals surface area contributed by atoms with Gasteiger partial charge >= 0.3 is 0 Å². The van der Waals surface area contributed by atoms with Crippen molar-refractivity contribution in [3.63, 3.8) is 0 Å². The number of hydrogen-bond acceptors (Lipinski definition) is 3. The van der Waals surface area contributed by atoms with E-state index in [1.165, 1.54) is 19.3 Å². The van der Waals surface area contributed by atoms with Gasteiger partial charge in [0.05, 0.1) is 0 Å². The first-order valence-corrected chi connectivity index (χ1v) is 6.79. The van der Waals surface area contributed by atoms with E-state index in [2.05, 4.69) is 24.5 Å². The third-order valence-electron chi connectivity index (χ3n) is 2.28. The van der Waals surface area contributed by atoms with Crippen molar-refractivity contribution in [2.75, 3.05) is 6.61 Å². The number of hydrogen-bond donors (Lipinski definition) is 3. The Labute approximate surface area is 120 Å². The molecule has 0 bridgehead atoms. The first kappa shape index (κ1) is 17.5. The molecule has 106 valence electrons. The number of nitrogens with two attached hydrogens (primary N) is 1. The highest BCUT2D eigenvalue weighted by molar-refractivity contribution is 7.80. The monoisotopic (exact) mass is 282 g/mol. The Morgan fingerprint density at radius 2 is 1.89 bits per heavy atom. The van der Waals surface area contributed by atoms with Crippen LogP contribution in [0.1, 0.15) is 43.0 Å². The van der Waals surface area contributed by atoms with Crippen molar-refractivity contribution in [2.24, 2.45) is 5.73 Å². The topological polar surface area (TPSA) is 75.3 Å². The molecular formula is C14H22N2O2S. The van der Waals surface area contributed by atoms with Crippen LogP contribution in [0.5, 0.6) is 0 Å². The Morgan fingerprint density at radius 3 is 2.37 bits per heavy atom. The van der Waals surface area contributed by atoms with E-state index < -0.39 is 0 Å². The van der Waals surface area contributed by atoms with Crippen molar-refractivity contribution in [1.29, 1.82) is 0 Å². The predicted molar refractivity (Wildman–Crippen MR) is 81.9 cm³/mol. The summed E-state index contributed by atoms with van der Waals surface area (Å²) in [5.41, 5.74) is 5.68. The zero-order valence-corrected chi connectivity index (χ0v) is 12.1. The molecule has 0 atom stereocenters. The van der Waals surface area contributed by atoms with Crippen LogP contribution in [0.15, 0.2) is 30.3 Å². The second-order valence-electron chi connectivity index (χ2n) is 3.97. The summed E-state index contributed by atoms with van der Waals surface area (Å²) < 4.78 is 0. The van der Waals surface area contributed by atoms with Gasteiger partial charge in [-0.3, -0.25) is 10.1 Å². The Hall–Kier alpha value is -1.46. The number of carbonyl (C=O) groups excluding carboxylic acids is 1. The molecule has 1 aromatic rings. The molecule has 0 aliphatic carbocycles. The number of carbonyl (C=O) groups is 1. The van der Waals surface area contributed by atoms with Crippen LogP contribution in [0.2, 0.25) is 0 Å². The zero-order chi connectivity index (χ0) is 14.5. The van der Waals surface area contributed by atoms with Gasteiger partial charge in [-0.1, -0.05) is 44.4 Å². The molecule has 0 unspecified atom stereocenters. The van der Waals surface area contributed by atoms with E-state index in [1.807, 2.05) is 6.07 Å². The van der Waals surface area contributed by atoms with Gasteiger partial charge in [0.2, 0.25) is 0 Å². The SMILES string of the molecule is CCCCCCO.NC(=S)NC(=O)c1ccccc1. The second kappa shape index (κ2) is 11.6. The zero-order valence-electron chi connectivity index (χ0n) is 11.3. The Balaban J connectivity index is 0.000000399. The van der Waals surface area contributed by atoms with E-state index in [9.17, 15) is 4.79 Å². The van der Waals surface area contributed by atoms with E-state index in [-0.39, 0.29) is 11.0 Å².